The molecule has 0 aromatic carbocycles. The van der Waals surface area contributed by atoms with E-state index in [0.717, 1.165) is 37.8 Å². The quantitative estimate of drug-likeness (QED) is 0.490. The van der Waals surface area contributed by atoms with Gasteiger partial charge in [0.2, 0.25) is 5.88 Å². The van der Waals surface area contributed by atoms with E-state index >= 15 is 0 Å². The van der Waals surface area contributed by atoms with Crippen LogP contribution < -0.4 is 19.5 Å². The summed E-state index contributed by atoms with van der Waals surface area (Å²) in [6.07, 6.45) is 8.13. The lowest BCUT2D eigenvalue weighted by molar-refractivity contribution is -0.165. The van der Waals surface area contributed by atoms with Gasteiger partial charge >= 0.3 is 0 Å². The number of halogens is 1. The maximum atomic E-state index is 14.8. The molecule has 5 heterocycles. The van der Waals surface area contributed by atoms with Crippen molar-refractivity contribution in [2.75, 3.05) is 27.9 Å². The van der Waals surface area contributed by atoms with Gasteiger partial charge in [0.1, 0.15) is 5.82 Å². The SMILES string of the molecule is COc1ccc2ncc(F)c(CCC34CCC(NCc5cc(OC)c(OC)cn5)(CC3)CO4)c2n1. The van der Waals surface area contributed by atoms with Crippen molar-refractivity contribution in [3.63, 3.8) is 0 Å². The van der Waals surface area contributed by atoms with Crippen molar-refractivity contribution < 1.29 is 23.3 Å². The first kappa shape index (κ1) is 23.7. The number of hydrogen-bond donors (Lipinski definition) is 1. The Morgan fingerprint density at radius 1 is 1.00 bits per heavy atom. The van der Waals surface area contributed by atoms with Gasteiger partial charge in [0.25, 0.3) is 0 Å². The lowest BCUT2D eigenvalue weighted by atomic mass is 9.69. The molecule has 1 N–H and O–H groups in total. The number of ether oxygens (including phenoxy) is 4. The van der Waals surface area contributed by atoms with Crippen molar-refractivity contribution in [3.05, 3.63) is 47.7 Å². The van der Waals surface area contributed by atoms with Crippen LogP contribution in [-0.4, -0.2) is 54.0 Å². The molecule has 3 aromatic heterocycles. The topological polar surface area (TPSA) is 87.6 Å². The molecule has 186 valence electrons. The molecule has 0 amide bonds. The zero-order valence-electron chi connectivity index (χ0n) is 20.4. The van der Waals surface area contributed by atoms with Crippen LogP contribution >= 0.6 is 0 Å². The van der Waals surface area contributed by atoms with Gasteiger partial charge in [-0.05, 0) is 44.6 Å². The van der Waals surface area contributed by atoms with Crippen molar-refractivity contribution >= 4 is 11.0 Å². The number of fused-ring (bicyclic) bond motifs is 4. The van der Waals surface area contributed by atoms with Gasteiger partial charge in [-0.2, -0.15) is 0 Å². The van der Waals surface area contributed by atoms with Gasteiger partial charge in [-0.1, -0.05) is 0 Å². The Morgan fingerprint density at radius 3 is 2.49 bits per heavy atom. The Morgan fingerprint density at radius 2 is 1.80 bits per heavy atom. The molecule has 3 aliphatic rings. The van der Waals surface area contributed by atoms with E-state index in [2.05, 4.69) is 20.3 Å². The van der Waals surface area contributed by atoms with E-state index in [4.69, 9.17) is 18.9 Å². The number of aryl methyl sites for hydroxylation is 1. The zero-order valence-corrected chi connectivity index (χ0v) is 20.4. The summed E-state index contributed by atoms with van der Waals surface area (Å²) < 4.78 is 37.1. The molecule has 3 aromatic rings. The van der Waals surface area contributed by atoms with Crippen LogP contribution in [0.1, 0.15) is 43.4 Å². The number of hydrogen-bond acceptors (Lipinski definition) is 8. The van der Waals surface area contributed by atoms with Crippen LogP contribution in [0.5, 0.6) is 17.4 Å². The Balaban J connectivity index is 1.23. The van der Waals surface area contributed by atoms with E-state index in [1.807, 2.05) is 12.1 Å². The molecule has 2 saturated heterocycles. The molecule has 0 atom stereocenters. The Labute approximate surface area is 204 Å². The number of aromatic nitrogens is 3. The summed E-state index contributed by atoms with van der Waals surface area (Å²) in [6.45, 7) is 1.25. The number of pyridine rings is 3. The summed E-state index contributed by atoms with van der Waals surface area (Å²) >= 11 is 0. The van der Waals surface area contributed by atoms with E-state index in [9.17, 15) is 4.39 Å². The average molecular weight is 483 g/mol. The Kier molecular flexibility index (Phi) is 6.46. The van der Waals surface area contributed by atoms with Crippen LogP contribution in [0.15, 0.2) is 30.6 Å². The highest BCUT2D eigenvalue weighted by molar-refractivity contribution is 5.78. The van der Waals surface area contributed by atoms with Crippen LogP contribution in [0.4, 0.5) is 4.39 Å². The second-order valence-electron chi connectivity index (χ2n) is 9.44. The van der Waals surface area contributed by atoms with E-state index in [0.29, 0.717) is 53.5 Å². The fraction of sp³-hybridized carbons (Fsp3) is 0.500. The van der Waals surface area contributed by atoms with Crippen molar-refractivity contribution in [1.29, 1.82) is 0 Å². The molecule has 35 heavy (non-hydrogen) atoms. The molecular formula is C26H31FN4O4. The Hall–Kier alpha value is -3.04. The summed E-state index contributed by atoms with van der Waals surface area (Å²) in [5.74, 6) is 1.41. The van der Waals surface area contributed by atoms with Crippen LogP contribution in [0.25, 0.3) is 11.0 Å². The maximum Gasteiger partial charge on any atom is 0.213 e. The van der Waals surface area contributed by atoms with Crippen LogP contribution in [0.2, 0.25) is 0 Å². The molecule has 6 rings (SSSR count). The predicted molar refractivity (Wildman–Crippen MR) is 128 cm³/mol. The normalized spacial score (nSPS) is 23.4. The summed E-state index contributed by atoms with van der Waals surface area (Å²) in [4.78, 5) is 13.1. The van der Waals surface area contributed by atoms with Crippen molar-refractivity contribution in [2.24, 2.45) is 0 Å². The molecule has 0 spiro atoms. The van der Waals surface area contributed by atoms with Crippen LogP contribution in [-0.2, 0) is 17.7 Å². The first-order valence-corrected chi connectivity index (χ1v) is 11.9. The second kappa shape index (κ2) is 9.54. The first-order chi connectivity index (χ1) is 17.0. The third-order valence-electron chi connectivity index (χ3n) is 7.52. The minimum atomic E-state index is -0.334. The third kappa shape index (κ3) is 4.62. The van der Waals surface area contributed by atoms with Crippen LogP contribution in [0.3, 0.4) is 0 Å². The van der Waals surface area contributed by atoms with Gasteiger partial charge in [0, 0.05) is 29.8 Å². The van der Waals surface area contributed by atoms with Gasteiger partial charge in [-0.25, -0.2) is 9.37 Å². The summed E-state index contributed by atoms with van der Waals surface area (Å²) in [5.41, 5.74) is 2.39. The Bertz CT molecular complexity index is 1200. The standard InChI is InChI=1S/C26H31FN4O4/c1-32-21-12-17(28-15-22(21)33-2)13-30-25-8-10-26(11-9-25,35-16-25)7-6-18-19(27)14-29-20-4-5-23(34-3)31-24(18)20/h4-5,12,14-15,30H,6-11,13,16H2,1-3H3. The molecule has 2 aliphatic heterocycles. The van der Waals surface area contributed by atoms with Crippen molar-refractivity contribution in [2.45, 2.75) is 56.2 Å². The molecule has 0 radical (unpaired) electrons. The van der Waals surface area contributed by atoms with E-state index in [-0.39, 0.29) is 17.0 Å². The molecule has 8 nitrogen and oxygen atoms in total. The highest BCUT2D eigenvalue weighted by Crippen LogP contribution is 2.46. The van der Waals surface area contributed by atoms with Crippen molar-refractivity contribution in [1.82, 2.24) is 20.3 Å². The summed E-state index contributed by atoms with van der Waals surface area (Å²) in [5, 5.41) is 3.69. The van der Waals surface area contributed by atoms with Gasteiger partial charge in [-0.3, -0.25) is 9.97 Å². The molecule has 1 saturated carbocycles. The van der Waals surface area contributed by atoms with Gasteiger partial charge in [-0.15, -0.1) is 0 Å². The monoisotopic (exact) mass is 482 g/mol. The molecule has 9 heteroatoms. The fourth-order valence-electron chi connectivity index (χ4n) is 5.25. The number of nitrogens with one attached hydrogen (secondary N) is 1. The fourth-order valence-corrected chi connectivity index (χ4v) is 5.25. The first-order valence-electron chi connectivity index (χ1n) is 11.9. The third-order valence-corrected chi connectivity index (χ3v) is 7.52. The lowest BCUT2D eigenvalue weighted by Gasteiger charge is -2.53. The minimum absolute atomic E-state index is 0.0693. The molecule has 0 unspecified atom stereocenters. The molecular weight excluding hydrogens is 451 g/mol. The van der Waals surface area contributed by atoms with Crippen molar-refractivity contribution in [3.8, 4) is 17.4 Å². The number of rotatable bonds is 9. The average Bonchev–Trinajstić information content (AvgIpc) is 2.92. The van der Waals surface area contributed by atoms with E-state index in [1.165, 1.54) is 6.20 Å². The summed E-state index contributed by atoms with van der Waals surface area (Å²) in [7, 11) is 4.78. The van der Waals surface area contributed by atoms with Gasteiger partial charge < -0.3 is 24.3 Å². The van der Waals surface area contributed by atoms with E-state index in [1.54, 1.807) is 33.6 Å². The van der Waals surface area contributed by atoms with Gasteiger partial charge in [0.05, 0.1) is 62.7 Å². The van der Waals surface area contributed by atoms with Gasteiger partial charge in [0.15, 0.2) is 11.5 Å². The maximum absolute atomic E-state index is 14.8. The molecule has 3 fully saturated rings. The highest BCUT2D eigenvalue weighted by atomic mass is 19.1. The molecule has 1 aliphatic carbocycles. The zero-order chi connectivity index (χ0) is 24.5. The summed E-state index contributed by atoms with van der Waals surface area (Å²) in [6, 6.07) is 5.45. The largest absolute Gasteiger partial charge is 0.493 e. The predicted octanol–water partition coefficient (Wildman–Crippen LogP) is 3.99. The van der Waals surface area contributed by atoms with E-state index < -0.39 is 0 Å². The van der Waals surface area contributed by atoms with Crippen LogP contribution in [0, 0.1) is 5.82 Å². The minimum Gasteiger partial charge on any atom is -0.493 e. The number of methoxy groups -OCH3 is 3. The smallest absolute Gasteiger partial charge is 0.213 e. The lowest BCUT2D eigenvalue weighted by Crippen LogP contribution is -2.61. The second-order valence-corrected chi connectivity index (χ2v) is 9.44. The highest BCUT2D eigenvalue weighted by Gasteiger charge is 2.49. The number of nitrogens with zero attached hydrogens (tertiary/aromatic N) is 3. The molecule has 2 bridgehead atoms.